The number of carbonyl (C=O) groups excluding carboxylic acids is 1. The molecule has 5 nitrogen and oxygen atoms in total. The number of rotatable bonds is 7. The maximum absolute atomic E-state index is 13.1. The van der Waals surface area contributed by atoms with Crippen molar-refractivity contribution in [3.8, 4) is 0 Å². The molecule has 0 unspecified atom stereocenters. The second-order valence-electron chi connectivity index (χ2n) is 5.80. The Morgan fingerprint density at radius 1 is 1.46 bits per heavy atom. The molecule has 2 rings (SSSR count). The Hall–Kier alpha value is -2.47. The predicted molar refractivity (Wildman–Crippen MR) is 93.2 cm³/mol. The molecule has 0 aliphatic carbocycles. The van der Waals surface area contributed by atoms with Crippen molar-refractivity contribution in [2.45, 2.75) is 39.9 Å². The van der Waals surface area contributed by atoms with Gasteiger partial charge in [0.05, 0.1) is 18.3 Å². The van der Waals surface area contributed by atoms with Crippen LogP contribution in [0.3, 0.4) is 0 Å². The lowest BCUT2D eigenvalue weighted by atomic mass is 10.2. The summed E-state index contributed by atoms with van der Waals surface area (Å²) in [5, 5.41) is 10.4. The van der Waals surface area contributed by atoms with Crippen LogP contribution in [0.2, 0.25) is 0 Å². The van der Waals surface area contributed by atoms with Gasteiger partial charge in [-0.25, -0.2) is 4.39 Å². The predicted octanol–water partition coefficient (Wildman–Crippen LogP) is 2.94. The van der Waals surface area contributed by atoms with Crippen LogP contribution in [-0.4, -0.2) is 21.7 Å². The van der Waals surface area contributed by atoms with Gasteiger partial charge in [0.1, 0.15) is 5.82 Å². The fraction of sp³-hybridized carbons (Fsp3) is 0.333. The van der Waals surface area contributed by atoms with Gasteiger partial charge in [-0.05, 0) is 44.5 Å². The molecule has 0 radical (unpaired) electrons. The minimum atomic E-state index is -0.392. The Bertz CT molecular complexity index is 739. The number of allylic oxidation sites excluding steroid dienone is 1. The van der Waals surface area contributed by atoms with E-state index in [1.54, 1.807) is 26.0 Å². The van der Waals surface area contributed by atoms with Crippen molar-refractivity contribution >= 4 is 11.6 Å². The van der Waals surface area contributed by atoms with Crippen molar-refractivity contribution < 1.29 is 9.18 Å². The average Bonchev–Trinajstić information content (AvgIpc) is 2.87. The van der Waals surface area contributed by atoms with E-state index in [1.165, 1.54) is 12.1 Å². The summed E-state index contributed by atoms with van der Waals surface area (Å²) in [6.07, 6.45) is 3.73. The topological polar surface area (TPSA) is 59.0 Å². The van der Waals surface area contributed by atoms with Gasteiger partial charge in [0, 0.05) is 24.0 Å². The summed E-state index contributed by atoms with van der Waals surface area (Å²) in [6, 6.07) is 3.90. The molecule has 0 bridgehead atoms. The maximum atomic E-state index is 13.1. The van der Waals surface area contributed by atoms with Gasteiger partial charge in [0.25, 0.3) is 0 Å². The van der Waals surface area contributed by atoms with E-state index < -0.39 is 6.04 Å². The van der Waals surface area contributed by atoms with Crippen LogP contribution in [0.5, 0.6) is 0 Å². The lowest BCUT2D eigenvalue weighted by molar-refractivity contribution is -0.117. The Balaban J connectivity index is 1.93. The van der Waals surface area contributed by atoms with Crippen LogP contribution in [-0.2, 0) is 17.9 Å². The first-order valence-corrected chi connectivity index (χ1v) is 7.85. The number of nitrogens with zero attached hydrogens (tertiary/aromatic N) is 2. The largest absolute Gasteiger partial charge is 0.324 e. The number of aromatic nitrogens is 2. The van der Waals surface area contributed by atoms with Crippen molar-refractivity contribution in [2.75, 3.05) is 5.32 Å². The van der Waals surface area contributed by atoms with E-state index in [-0.39, 0.29) is 11.7 Å². The molecule has 0 aliphatic rings. The van der Waals surface area contributed by atoms with E-state index in [0.29, 0.717) is 24.3 Å². The summed E-state index contributed by atoms with van der Waals surface area (Å²) in [6.45, 7) is 10.4. The van der Waals surface area contributed by atoms with E-state index in [2.05, 4.69) is 22.3 Å². The van der Waals surface area contributed by atoms with Gasteiger partial charge >= 0.3 is 0 Å². The van der Waals surface area contributed by atoms with Crippen LogP contribution >= 0.6 is 0 Å². The van der Waals surface area contributed by atoms with E-state index in [0.717, 1.165) is 11.3 Å². The summed E-state index contributed by atoms with van der Waals surface area (Å²) < 4.78 is 14.9. The molecular weight excluding hydrogens is 307 g/mol. The first kappa shape index (κ1) is 17.9. The Morgan fingerprint density at radius 3 is 2.88 bits per heavy atom. The first-order valence-electron chi connectivity index (χ1n) is 7.85. The van der Waals surface area contributed by atoms with Crippen LogP contribution in [0.25, 0.3) is 0 Å². The fourth-order valence-corrected chi connectivity index (χ4v) is 2.32. The van der Waals surface area contributed by atoms with Crippen LogP contribution in [0.1, 0.15) is 23.7 Å². The van der Waals surface area contributed by atoms with Gasteiger partial charge in [0.2, 0.25) is 5.91 Å². The molecule has 1 heterocycles. The summed E-state index contributed by atoms with van der Waals surface area (Å²) >= 11 is 0. The van der Waals surface area contributed by atoms with Gasteiger partial charge in [-0.3, -0.25) is 9.48 Å². The highest BCUT2D eigenvalue weighted by Crippen LogP contribution is 2.16. The minimum absolute atomic E-state index is 0.166. The number of benzene rings is 1. The number of halogens is 1. The zero-order valence-electron chi connectivity index (χ0n) is 14.3. The van der Waals surface area contributed by atoms with Crippen molar-refractivity contribution in [1.82, 2.24) is 15.1 Å². The van der Waals surface area contributed by atoms with Crippen LogP contribution < -0.4 is 10.6 Å². The van der Waals surface area contributed by atoms with Gasteiger partial charge in [0.15, 0.2) is 0 Å². The second-order valence-corrected chi connectivity index (χ2v) is 5.80. The quantitative estimate of drug-likeness (QED) is 0.768. The number of anilines is 1. The molecule has 0 fully saturated rings. The normalized spacial score (nSPS) is 12.0. The standard InChI is InChI=1S/C18H23FN4O/c1-5-8-23-11-15(13(3)22-23)10-20-14(4)18(24)21-17-7-6-16(19)9-12(17)2/h5-7,9,11,14,20H,1,8,10H2,2-4H3,(H,21,24)/t14-/m0/s1. The molecule has 1 atom stereocenters. The Morgan fingerprint density at radius 2 is 2.21 bits per heavy atom. The highest BCUT2D eigenvalue weighted by atomic mass is 19.1. The molecule has 1 aromatic heterocycles. The molecule has 0 saturated heterocycles. The highest BCUT2D eigenvalue weighted by Gasteiger charge is 2.14. The van der Waals surface area contributed by atoms with E-state index in [9.17, 15) is 9.18 Å². The zero-order valence-corrected chi connectivity index (χ0v) is 14.3. The van der Waals surface area contributed by atoms with E-state index in [4.69, 9.17) is 0 Å². The fourth-order valence-electron chi connectivity index (χ4n) is 2.32. The number of hydrogen-bond donors (Lipinski definition) is 2. The number of amides is 1. The van der Waals surface area contributed by atoms with Gasteiger partial charge in [-0.15, -0.1) is 6.58 Å². The summed E-state index contributed by atoms with van der Waals surface area (Å²) in [4.78, 5) is 12.3. The molecule has 0 aliphatic heterocycles. The van der Waals surface area contributed by atoms with Crippen LogP contribution in [0.15, 0.2) is 37.1 Å². The third-order valence-electron chi connectivity index (χ3n) is 3.80. The maximum Gasteiger partial charge on any atom is 0.241 e. The Kier molecular flexibility index (Phi) is 5.87. The molecule has 6 heteroatoms. The molecule has 1 amide bonds. The molecule has 2 N–H and O–H groups in total. The first-order chi connectivity index (χ1) is 11.4. The summed E-state index contributed by atoms with van der Waals surface area (Å²) in [5.41, 5.74) is 3.27. The number of aryl methyl sites for hydroxylation is 2. The molecule has 128 valence electrons. The monoisotopic (exact) mass is 330 g/mol. The Labute approximate surface area is 141 Å². The molecule has 2 aromatic rings. The smallest absolute Gasteiger partial charge is 0.241 e. The van der Waals surface area contributed by atoms with Crippen molar-refractivity contribution in [2.24, 2.45) is 0 Å². The molecular formula is C18H23FN4O. The third kappa shape index (κ3) is 4.52. The van der Waals surface area contributed by atoms with E-state index in [1.807, 2.05) is 17.8 Å². The number of nitrogens with one attached hydrogen (secondary N) is 2. The van der Waals surface area contributed by atoms with Gasteiger partial charge in [-0.1, -0.05) is 6.08 Å². The van der Waals surface area contributed by atoms with Gasteiger partial charge < -0.3 is 10.6 Å². The lowest BCUT2D eigenvalue weighted by Gasteiger charge is -2.15. The van der Waals surface area contributed by atoms with Crippen molar-refractivity contribution in [3.63, 3.8) is 0 Å². The molecule has 24 heavy (non-hydrogen) atoms. The third-order valence-corrected chi connectivity index (χ3v) is 3.80. The summed E-state index contributed by atoms with van der Waals surface area (Å²) in [7, 11) is 0. The van der Waals surface area contributed by atoms with Gasteiger partial charge in [-0.2, -0.15) is 5.10 Å². The van der Waals surface area contributed by atoms with E-state index >= 15 is 0 Å². The average molecular weight is 330 g/mol. The molecule has 0 spiro atoms. The number of carbonyl (C=O) groups is 1. The minimum Gasteiger partial charge on any atom is -0.324 e. The molecule has 1 aromatic carbocycles. The van der Waals surface area contributed by atoms with Crippen LogP contribution in [0, 0.1) is 19.7 Å². The van der Waals surface area contributed by atoms with Crippen LogP contribution in [0.4, 0.5) is 10.1 Å². The zero-order chi connectivity index (χ0) is 17.7. The second kappa shape index (κ2) is 7.88. The van der Waals surface area contributed by atoms with Crippen molar-refractivity contribution in [1.29, 1.82) is 0 Å². The van der Waals surface area contributed by atoms with Crippen molar-refractivity contribution in [3.05, 3.63) is 59.7 Å². The SMILES string of the molecule is C=CCn1cc(CN[C@@H](C)C(=O)Nc2ccc(F)cc2C)c(C)n1. The lowest BCUT2D eigenvalue weighted by Crippen LogP contribution is -2.37. The highest BCUT2D eigenvalue weighted by molar-refractivity contribution is 5.95. The summed E-state index contributed by atoms with van der Waals surface area (Å²) in [5.74, 6) is -0.482. The number of hydrogen-bond acceptors (Lipinski definition) is 3. The molecule has 0 saturated carbocycles.